The van der Waals surface area contributed by atoms with Gasteiger partial charge in [-0.25, -0.2) is 9.97 Å². The molecule has 0 bridgehead atoms. The van der Waals surface area contributed by atoms with Crippen molar-refractivity contribution >= 4 is 58.6 Å². The molecule has 3 amide bonds. The van der Waals surface area contributed by atoms with E-state index in [1.54, 1.807) is 0 Å². The number of hydrogen-bond acceptors (Lipinski definition) is 16. The van der Waals surface area contributed by atoms with Gasteiger partial charge in [0.15, 0.2) is 46.5 Å². The molecular formula is C37H69N17O6. The van der Waals surface area contributed by atoms with Gasteiger partial charge in [-0.3, -0.25) is 38.8 Å². The number of hydrogen-bond donors (Lipinski definition) is 13. The number of unbranched alkanes of at least 4 members (excludes halogenated alkanes) is 2. The zero-order valence-corrected chi connectivity index (χ0v) is 34.7. The molecule has 338 valence electrons. The fraction of sp³-hybridized carbons (Fsp3) is 0.676. The lowest BCUT2D eigenvalue weighted by molar-refractivity contribution is -0.125. The van der Waals surface area contributed by atoms with E-state index in [1.165, 1.54) is 0 Å². The molecule has 0 aliphatic heterocycles. The molecule has 0 saturated carbocycles. The average Bonchev–Trinajstić information content (AvgIpc) is 3.20. The first-order valence-corrected chi connectivity index (χ1v) is 20.4. The number of nitrogens with zero attached hydrogens (tertiary/aromatic N) is 4. The monoisotopic (exact) mass is 848 g/mol. The molecule has 0 radical (unpaired) electrons. The number of nitrogens with two attached hydrogens (primary N) is 10. The average molecular weight is 848 g/mol. The minimum atomic E-state index is -0.939. The second kappa shape index (κ2) is 29.7. The zero-order chi connectivity index (χ0) is 45.0. The number of nitrogen functional groups attached to an aromatic ring is 2. The predicted molar refractivity (Wildman–Crippen MR) is 231 cm³/mol. The van der Waals surface area contributed by atoms with Gasteiger partial charge >= 0.3 is 0 Å². The Labute approximate surface area is 351 Å². The van der Waals surface area contributed by atoms with Crippen LogP contribution in [-0.4, -0.2) is 114 Å². The molecule has 4 atom stereocenters. The summed E-state index contributed by atoms with van der Waals surface area (Å²) in [7, 11) is 0. The zero-order valence-electron chi connectivity index (χ0n) is 34.7. The van der Waals surface area contributed by atoms with Crippen molar-refractivity contribution in [2.45, 2.75) is 114 Å². The number of Topliss-reactive ketones (excluding diaryl/α,β-unsaturated/α-hetero) is 3. The van der Waals surface area contributed by atoms with E-state index in [-0.39, 0.29) is 91.8 Å². The fourth-order valence-corrected chi connectivity index (χ4v) is 5.96. The molecule has 23 heteroatoms. The topological polar surface area (TPSA) is 449 Å². The number of rotatable bonds is 33. The van der Waals surface area contributed by atoms with Crippen molar-refractivity contribution in [3.63, 3.8) is 0 Å². The summed E-state index contributed by atoms with van der Waals surface area (Å²) >= 11 is 0. The molecule has 1 aromatic heterocycles. The van der Waals surface area contributed by atoms with Gasteiger partial charge in [-0.1, -0.05) is 6.42 Å². The van der Waals surface area contributed by atoms with Crippen LogP contribution >= 0.6 is 0 Å². The Kier molecular flexibility index (Phi) is 25.9. The third kappa shape index (κ3) is 21.5. The van der Waals surface area contributed by atoms with E-state index in [0.29, 0.717) is 90.4 Å². The van der Waals surface area contributed by atoms with E-state index < -0.39 is 47.5 Å². The second-order valence-corrected chi connectivity index (χ2v) is 14.4. The molecule has 1 aromatic rings. The van der Waals surface area contributed by atoms with Crippen molar-refractivity contribution in [3.8, 4) is 0 Å². The highest BCUT2D eigenvalue weighted by Crippen LogP contribution is 2.21. The van der Waals surface area contributed by atoms with E-state index in [9.17, 15) is 28.8 Å². The first-order valence-electron chi connectivity index (χ1n) is 20.4. The molecule has 1 heterocycles. The first kappa shape index (κ1) is 52.5. The van der Waals surface area contributed by atoms with Crippen molar-refractivity contribution in [3.05, 3.63) is 11.4 Å². The quantitative estimate of drug-likeness (QED) is 0.0144. The van der Waals surface area contributed by atoms with Crippen molar-refractivity contribution in [1.82, 2.24) is 25.9 Å². The highest BCUT2D eigenvalue weighted by atomic mass is 16.2. The number of aromatic nitrogens is 2. The Hall–Kier alpha value is -5.52. The number of guanidine groups is 2. The van der Waals surface area contributed by atoms with Gasteiger partial charge in [0.25, 0.3) is 5.91 Å². The summed E-state index contributed by atoms with van der Waals surface area (Å²) in [5.74, 6) is -4.35. The molecule has 0 fully saturated rings. The summed E-state index contributed by atoms with van der Waals surface area (Å²) in [6.07, 6.45) is 5.27. The van der Waals surface area contributed by atoms with Crippen LogP contribution in [0.1, 0.15) is 117 Å². The van der Waals surface area contributed by atoms with Gasteiger partial charge in [0, 0.05) is 51.4 Å². The number of ketones is 3. The minimum Gasteiger partial charge on any atom is -0.382 e. The van der Waals surface area contributed by atoms with Gasteiger partial charge in [-0.2, -0.15) is 0 Å². The number of carbonyl (C=O) groups excluding carboxylic acids is 6. The molecule has 0 aliphatic carbocycles. The van der Waals surface area contributed by atoms with Gasteiger partial charge in [-0.15, -0.1) is 0 Å². The smallest absolute Gasteiger partial charge is 0.274 e. The van der Waals surface area contributed by atoms with E-state index in [0.717, 1.165) is 0 Å². The normalized spacial score (nSPS) is 12.9. The first-order chi connectivity index (χ1) is 28.5. The summed E-state index contributed by atoms with van der Waals surface area (Å²) in [5, 5.41) is 8.13. The van der Waals surface area contributed by atoms with Gasteiger partial charge in [-0.05, 0) is 83.7 Å². The van der Waals surface area contributed by atoms with Crippen LogP contribution in [0.3, 0.4) is 0 Å². The highest BCUT2D eigenvalue weighted by molar-refractivity contribution is 6.04. The Morgan fingerprint density at radius 3 is 1.65 bits per heavy atom. The van der Waals surface area contributed by atoms with Crippen LogP contribution in [0.2, 0.25) is 0 Å². The number of anilines is 2. The molecule has 0 saturated heterocycles. The van der Waals surface area contributed by atoms with Crippen LogP contribution in [-0.2, 0) is 19.2 Å². The van der Waals surface area contributed by atoms with Crippen LogP contribution in [0, 0.1) is 5.92 Å². The maximum Gasteiger partial charge on any atom is 0.274 e. The molecule has 23 nitrogen and oxygen atoms in total. The van der Waals surface area contributed by atoms with Crippen molar-refractivity contribution in [2.24, 2.45) is 61.8 Å². The Bertz CT molecular complexity index is 1480. The summed E-state index contributed by atoms with van der Waals surface area (Å²) in [6, 6.07) is -2.39. The van der Waals surface area contributed by atoms with Crippen LogP contribution in [0.5, 0.6) is 0 Å². The van der Waals surface area contributed by atoms with Gasteiger partial charge in [0.1, 0.15) is 5.78 Å². The van der Waals surface area contributed by atoms with Crippen molar-refractivity contribution in [2.75, 3.05) is 50.7 Å². The van der Waals surface area contributed by atoms with Crippen LogP contribution in [0.15, 0.2) is 9.98 Å². The second-order valence-electron chi connectivity index (χ2n) is 14.4. The SMILES string of the molecule is NCCCC[C@H](CC(=O)c1nc(N)c(C(=O)N[C@@H](CCCCN)C(=O)CCCNC(=O)[C@@H](N)CCCN=C(N)N)nc1N)C(=O)NCCCC(=O)[C@@H](N)CCCN=C(N)N. The van der Waals surface area contributed by atoms with Crippen molar-refractivity contribution in [1.29, 1.82) is 0 Å². The molecule has 0 unspecified atom stereocenters. The third-order valence-electron chi connectivity index (χ3n) is 9.36. The standard InChI is InChI=1S/C37H69N17O6/c38-15-3-1-9-22(33(58)48-17-7-13-26(55)23(40)10-5-19-50-36(44)45)21-28(57)29-31(42)54-30(32(43)53-29)35(60)52-25(12-2-4-16-39)27(56)14-8-18-49-34(59)24(41)11-6-20-51-37(46)47/h22-25H,1-21,38-41H2,(H2,42,54)(H2,43,53)(H,48,58)(H,49,59)(H,52,60)(H4,44,45,50)(H4,46,47,51)/t22-,23+,24+,25+/m1/s1. The molecular weight excluding hydrogens is 779 g/mol. The number of carbonyl (C=O) groups is 6. The summed E-state index contributed by atoms with van der Waals surface area (Å²) in [5.41, 5.74) is 55.9. The molecule has 0 aliphatic rings. The highest BCUT2D eigenvalue weighted by Gasteiger charge is 2.28. The van der Waals surface area contributed by atoms with Gasteiger partial charge in [0.2, 0.25) is 11.8 Å². The predicted octanol–water partition coefficient (Wildman–Crippen LogP) is -3.12. The van der Waals surface area contributed by atoms with E-state index in [1.807, 2.05) is 0 Å². The Balaban J connectivity index is 2.88. The maximum absolute atomic E-state index is 13.5. The Morgan fingerprint density at radius 1 is 0.583 bits per heavy atom. The molecule has 0 aromatic carbocycles. The van der Waals surface area contributed by atoms with E-state index >= 15 is 0 Å². The molecule has 0 spiro atoms. The lowest BCUT2D eigenvalue weighted by atomic mass is 9.93. The largest absolute Gasteiger partial charge is 0.382 e. The van der Waals surface area contributed by atoms with E-state index in [4.69, 9.17) is 57.3 Å². The van der Waals surface area contributed by atoms with Crippen molar-refractivity contribution < 1.29 is 28.8 Å². The van der Waals surface area contributed by atoms with Gasteiger partial charge < -0.3 is 73.3 Å². The van der Waals surface area contributed by atoms with E-state index in [2.05, 4.69) is 35.9 Å². The van der Waals surface area contributed by atoms with Crippen LogP contribution < -0.4 is 73.3 Å². The Morgan fingerprint density at radius 2 is 1.08 bits per heavy atom. The fourth-order valence-electron chi connectivity index (χ4n) is 5.96. The van der Waals surface area contributed by atoms with Gasteiger partial charge in [0.05, 0.1) is 18.1 Å². The summed E-state index contributed by atoms with van der Waals surface area (Å²) in [6.45, 7) is 1.83. The molecule has 60 heavy (non-hydrogen) atoms. The maximum atomic E-state index is 13.5. The lowest BCUT2D eigenvalue weighted by Crippen LogP contribution is -2.43. The molecule has 1 rings (SSSR count). The summed E-state index contributed by atoms with van der Waals surface area (Å²) in [4.78, 5) is 93.9. The van der Waals surface area contributed by atoms with Crippen LogP contribution in [0.25, 0.3) is 0 Å². The lowest BCUT2D eigenvalue weighted by Gasteiger charge is -2.19. The molecule has 23 N–H and O–H groups in total. The number of aliphatic imine (C=N–C) groups is 2. The summed E-state index contributed by atoms with van der Waals surface area (Å²) < 4.78 is 0. The third-order valence-corrected chi connectivity index (χ3v) is 9.36. The number of amides is 3. The van der Waals surface area contributed by atoms with Crippen LogP contribution in [0.4, 0.5) is 11.6 Å². The number of nitrogens with one attached hydrogen (secondary N) is 3. The minimum absolute atomic E-state index is 0.0272.